The number of carbonyl (C=O) groups is 1. The standard InChI is InChI=1S/C18H12Cl2FN3O/c1-10-7-24(8-11-2-3-12(19)4-16(11)20)17-14(10)5-13(21)6-15(17)18(25)23-9-22/h2-7,22H,8H2,1H3. The first kappa shape index (κ1) is 17.4. The van der Waals surface area contributed by atoms with E-state index in [0.29, 0.717) is 27.5 Å². The van der Waals surface area contributed by atoms with E-state index in [-0.39, 0.29) is 5.56 Å². The maximum Gasteiger partial charge on any atom is 0.288 e. The summed E-state index contributed by atoms with van der Waals surface area (Å²) < 4.78 is 15.7. The van der Waals surface area contributed by atoms with Crippen LogP contribution in [0.2, 0.25) is 10.0 Å². The first-order valence-corrected chi connectivity index (χ1v) is 8.06. The molecule has 0 aliphatic carbocycles. The summed E-state index contributed by atoms with van der Waals surface area (Å²) in [5, 5.41) is 8.50. The van der Waals surface area contributed by atoms with Crippen LogP contribution in [0.3, 0.4) is 0 Å². The summed E-state index contributed by atoms with van der Waals surface area (Å²) in [4.78, 5) is 15.5. The molecule has 2 aromatic carbocycles. The first-order chi connectivity index (χ1) is 11.9. The summed E-state index contributed by atoms with van der Waals surface area (Å²) in [5.41, 5.74) is 2.23. The molecule has 0 aliphatic rings. The maximum atomic E-state index is 13.9. The van der Waals surface area contributed by atoms with Crippen LogP contribution < -0.4 is 0 Å². The highest BCUT2D eigenvalue weighted by Crippen LogP contribution is 2.29. The fourth-order valence-corrected chi connectivity index (χ4v) is 3.28. The number of carbonyl (C=O) groups excluding carboxylic acids is 1. The Morgan fingerprint density at radius 1 is 1.32 bits per heavy atom. The number of hydrogen-bond acceptors (Lipinski definition) is 2. The normalized spacial score (nSPS) is 10.7. The van der Waals surface area contributed by atoms with Crippen LogP contribution in [0, 0.1) is 18.2 Å². The smallest absolute Gasteiger partial charge is 0.288 e. The van der Waals surface area contributed by atoms with E-state index in [1.54, 1.807) is 24.2 Å². The van der Waals surface area contributed by atoms with Gasteiger partial charge in [-0.1, -0.05) is 29.3 Å². The highest BCUT2D eigenvalue weighted by Gasteiger charge is 2.18. The van der Waals surface area contributed by atoms with Crippen LogP contribution in [0.5, 0.6) is 0 Å². The number of nitrogens with zero attached hydrogens (tertiary/aromatic N) is 2. The van der Waals surface area contributed by atoms with Crippen molar-refractivity contribution < 1.29 is 9.18 Å². The Balaban J connectivity index is 2.21. The molecule has 3 rings (SSSR count). The van der Waals surface area contributed by atoms with Gasteiger partial charge >= 0.3 is 0 Å². The van der Waals surface area contributed by atoms with Crippen LogP contribution in [-0.4, -0.2) is 16.5 Å². The topological polar surface area (TPSA) is 58.2 Å². The van der Waals surface area contributed by atoms with Gasteiger partial charge in [-0.05, 0) is 42.3 Å². The molecular formula is C18H12Cl2FN3O. The summed E-state index contributed by atoms with van der Waals surface area (Å²) in [6, 6.07) is 9.35. The highest BCUT2D eigenvalue weighted by molar-refractivity contribution is 6.35. The van der Waals surface area contributed by atoms with Crippen LogP contribution in [-0.2, 0) is 6.54 Å². The number of amides is 1. The lowest BCUT2D eigenvalue weighted by Gasteiger charge is -2.10. The average Bonchev–Trinajstić information content (AvgIpc) is 2.85. The molecule has 0 saturated heterocycles. The molecule has 0 radical (unpaired) electrons. The van der Waals surface area contributed by atoms with Gasteiger partial charge in [0.15, 0.2) is 0 Å². The van der Waals surface area contributed by atoms with E-state index in [1.807, 2.05) is 17.7 Å². The summed E-state index contributed by atoms with van der Waals surface area (Å²) in [6.45, 7) is 2.20. The number of aryl methyl sites for hydroxylation is 1. The Bertz CT molecular complexity index is 1050. The highest BCUT2D eigenvalue weighted by atomic mass is 35.5. The van der Waals surface area contributed by atoms with E-state index in [1.165, 1.54) is 6.07 Å². The zero-order chi connectivity index (χ0) is 18.1. The second kappa shape index (κ2) is 6.81. The van der Waals surface area contributed by atoms with Gasteiger partial charge in [-0.2, -0.15) is 0 Å². The van der Waals surface area contributed by atoms with Gasteiger partial charge in [0.05, 0.1) is 17.1 Å². The summed E-state index contributed by atoms with van der Waals surface area (Å²) in [6.07, 6.45) is 1.82. The van der Waals surface area contributed by atoms with Crippen molar-refractivity contribution in [3.05, 3.63) is 69.1 Å². The van der Waals surface area contributed by atoms with Crippen molar-refractivity contribution in [1.29, 1.82) is 5.41 Å². The average molecular weight is 376 g/mol. The molecule has 1 N–H and O–H groups in total. The second-order valence-corrected chi connectivity index (χ2v) is 6.40. The molecule has 0 fully saturated rings. The number of nitrogens with one attached hydrogen (secondary N) is 1. The van der Waals surface area contributed by atoms with E-state index in [2.05, 4.69) is 4.99 Å². The molecule has 126 valence electrons. The predicted molar refractivity (Wildman–Crippen MR) is 96.7 cm³/mol. The molecule has 1 heterocycles. The van der Waals surface area contributed by atoms with Gasteiger partial charge in [-0.3, -0.25) is 4.79 Å². The lowest BCUT2D eigenvalue weighted by atomic mass is 10.1. The quantitative estimate of drug-likeness (QED) is 0.617. The minimum Gasteiger partial charge on any atom is -0.342 e. The Labute approximate surface area is 153 Å². The Morgan fingerprint density at radius 3 is 2.76 bits per heavy atom. The van der Waals surface area contributed by atoms with Crippen LogP contribution in [0.4, 0.5) is 4.39 Å². The Kier molecular flexibility index (Phi) is 4.73. The summed E-state index contributed by atoms with van der Waals surface area (Å²) in [5.74, 6) is -1.26. The molecule has 0 saturated carbocycles. The molecule has 3 aromatic rings. The molecule has 1 aromatic heterocycles. The van der Waals surface area contributed by atoms with E-state index in [0.717, 1.165) is 17.2 Å². The number of benzene rings is 2. The molecule has 4 nitrogen and oxygen atoms in total. The van der Waals surface area contributed by atoms with Crippen LogP contribution in [0.15, 0.2) is 41.5 Å². The molecule has 1 amide bonds. The molecule has 0 spiro atoms. The van der Waals surface area contributed by atoms with Gasteiger partial charge in [-0.25, -0.2) is 9.80 Å². The van der Waals surface area contributed by atoms with Crippen molar-refractivity contribution in [3.8, 4) is 0 Å². The number of fused-ring (bicyclic) bond motifs is 1. The number of aromatic nitrogens is 1. The van der Waals surface area contributed by atoms with Gasteiger partial charge in [0.25, 0.3) is 5.91 Å². The van der Waals surface area contributed by atoms with Crippen LogP contribution in [0.25, 0.3) is 10.9 Å². The molecule has 25 heavy (non-hydrogen) atoms. The van der Waals surface area contributed by atoms with Crippen molar-refractivity contribution in [1.82, 2.24) is 4.57 Å². The minimum atomic E-state index is -0.721. The summed E-state index contributed by atoms with van der Waals surface area (Å²) >= 11 is 12.2. The third-order valence-electron chi connectivity index (χ3n) is 3.88. The van der Waals surface area contributed by atoms with Gasteiger partial charge in [0.1, 0.15) is 5.82 Å². The molecule has 7 heteroatoms. The lowest BCUT2D eigenvalue weighted by Crippen LogP contribution is -2.04. The zero-order valence-electron chi connectivity index (χ0n) is 13.1. The lowest BCUT2D eigenvalue weighted by molar-refractivity contribution is 0.100. The van der Waals surface area contributed by atoms with Gasteiger partial charge < -0.3 is 4.57 Å². The van der Waals surface area contributed by atoms with Crippen molar-refractivity contribution in [2.24, 2.45) is 4.99 Å². The van der Waals surface area contributed by atoms with Crippen molar-refractivity contribution in [2.45, 2.75) is 13.5 Å². The second-order valence-electron chi connectivity index (χ2n) is 5.55. The van der Waals surface area contributed by atoms with E-state index in [4.69, 9.17) is 28.6 Å². The van der Waals surface area contributed by atoms with Crippen molar-refractivity contribution >= 4 is 46.0 Å². The minimum absolute atomic E-state index is 0.0768. The molecule has 0 unspecified atom stereocenters. The third kappa shape index (κ3) is 3.35. The molecule has 0 atom stereocenters. The van der Waals surface area contributed by atoms with Gasteiger partial charge in [-0.15, -0.1) is 4.99 Å². The number of aliphatic imine (C=N–C) groups is 1. The maximum absolute atomic E-state index is 13.9. The number of halogens is 3. The predicted octanol–water partition coefficient (Wildman–Crippen LogP) is 5.34. The molecule has 0 aliphatic heterocycles. The Hall–Kier alpha value is -2.46. The van der Waals surface area contributed by atoms with Gasteiger partial charge in [0, 0.05) is 28.2 Å². The number of hydrogen-bond donors (Lipinski definition) is 1. The third-order valence-corrected chi connectivity index (χ3v) is 4.47. The van der Waals surface area contributed by atoms with Crippen molar-refractivity contribution in [2.75, 3.05) is 0 Å². The SMILES string of the molecule is Cc1cn(Cc2ccc(Cl)cc2Cl)c2c(C(=O)N=C=N)cc(F)cc12. The molecule has 0 bridgehead atoms. The van der Waals surface area contributed by atoms with Crippen molar-refractivity contribution in [3.63, 3.8) is 0 Å². The first-order valence-electron chi connectivity index (χ1n) is 7.30. The monoisotopic (exact) mass is 375 g/mol. The fraction of sp³-hybridized carbons (Fsp3) is 0.111. The summed E-state index contributed by atoms with van der Waals surface area (Å²) in [7, 11) is 0. The number of rotatable bonds is 3. The van der Waals surface area contributed by atoms with Crippen LogP contribution in [0.1, 0.15) is 21.5 Å². The van der Waals surface area contributed by atoms with E-state index < -0.39 is 11.7 Å². The molecular weight excluding hydrogens is 364 g/mol. The Morgan fingerprint density at radius 2 is 2.08 bits per heavy atom. The van der Waals surface area contributed by atoms with E-state index in [9.17, 15) is 9.18 Å². The van der Waals surface area contributed by atoms with Gasteiger partial charge in [0.2, 0.25) is 0 Å². The fourth-order valence-electron chi connectivity index (χ4n) is 2.81. The van der Waals surface area contributed by atoms with Crippen LogP contribution >= 0.6 is 23.2 Å². The zero-order valence-corrected chi connectivity index (χ0v) is 14.6. The largest absolute Gasteiger partial charge is 0.342 e. The van der Waals surface area contributed by atoms with E-state index >= 15 is 0 Å².